The summed E-state index contributed by atoms with van der Waals surface area (Å²) >= 11 is 0. The van der Waals surface area contributed by atoms with E-state index in [0.717, 1.165) is 31.8 Å². The van der Waals surface area contributed by atoms with Crippen molar-refractivity contribution >= 4 is 5.91 Å². The van der Waals surface area contributed by atoms with Crippen molar-refractivity contribution in [3.8, 4) is 5.75 Å². The highest BCUT2D eigenvalue weighted by atomic mass is 19.1. The van der Waals surface area contributed by atoms with Crippen molar-refractivity contribution in [3.63, 3.8) is 0 Å². The van der Waals surface area contributed by atoms with Gasteiger partial charge in [-0.1, -0.05) is 19.8 Å². The van der Waals surface area contributed by atoms with Crippen molar-refractivity contribution in [1.82, 2.24) is 4.90 Å². The van der Waals surface area contributed by atoms with Crippen LogP contribution in [0.2, 0.25) is 0 Å². The molecule has 0 N–H and O–H groups in total. The van der Waals surface area contributed by atoms with E-state index >= 15 is 0 Å². The third-order valence-electron chi connectivity index (χ3n) is 4.30. The zero-order valence-electron chi connectivity index (χ0n) is 13.4. The molecule has 2 rings (SSSR count). The number of halogens is 1. The van der Waals surface area contributed by atoms with Crippen molar-refractivity contribution < 1.29 is 13.9 Å². The number of nitrogens with zero attached hydrogens (tertiary/aromatic N) is 1. The summed E-state index contributed by atoms with van der Waals surface area (Å²) in [4.78, 5) is 14.2. The maximum atomic E-state index is 12.8. The van der Waals surface area contributed by atoms with Gasteiger partial charge in [-0.3, -0.25) is 4.79 Å². The monoisotopic (exact) mass is 307 g/mol. The minimum atomic E-state index is -0.283. The van der Waals surface area contributed by atoms with E-state index in [9.17, 15) is 9.18 Å². The van der Waals surface area contributed by atoms with Gasteiger partial charge in [0.15, 0.2) is 0 Å². The maximum Gasteiger partial charge on any atom is 0.225 e. The molecule has 1 saturated heterocycles. The normalized spacial score (nSPS) is 18.8. The summed E-state index contributed by atoms with van der Waals surface area (Å²) in [5, 5.41) is 0. The second-order valence-electron chi connectivity index (χ2n) is 6.02. The van der Waals surface area contributed by atoms with Crippen LogP contribution in [0.25, 0.3) is 0 Å². The molecule has 0 radical (unpaired) electrons. The van der Waals surface area contributed by atoms with Gasteiger partial charge in [0.05, 0.1) is 13.0 Å². The van der Waals surface area contributed by atoms with E-state index in [1.807, 2.05) is 4.90 Å². The molecular formula is C18H26FNO2. The fraction of sp³-hybridized carbons (Fsp3) is 0.611. The fourth-order valence-corrected chi connectivity index (χ4v) is 3.06. The molecule has 122 valence electrons. The first-order valence-electron chi connectivity index (χ1n) is 8.35. The lowest BCUT2D eigenvalue weighted by molar-refractivity contribution is -0.131. The molecule has 0 spiro atoms. The van der Waals surface area contributed by atoms with Crippen molar-refractivity contribution in [3.05, 3.63) is 30.1 Å². The number of benzene rings is 1. The first kappa shape index (κ1) is 16.8. The number of ether oxygens (including phenoxy) is 1. The Kier molecular flexibility index (Phi) is 6.69. The highest BCUT2D eigenvalue weighted by Crippen LogP contribution is 2.22. The van der Waals surface area contributed by atoms with E-state index in [0.29, 0.717) is 18.8 Å². The molecule has 1 aliphatic heterocycles. The number of hydrogen-bond donors (Lipinski definition) is 0. The SMILES string of the molecule is CCCC1CCCN(C(=O)CCOc2ccc(F)cc2)CC1. The molecule has 0 aromatic heterocycles. The van der Waals surface area contributed by atoms with Crippen molar-refractivity contribution in [1.29, 1.82) is 0 Å². The lowest BCUT2D eigenvalue weighted by Crippen LogP contribution is -2.32. The largest absolute Gasteiger partial charge is 0.493 e. The molecule has 1 heterocycles. The Morgan fingerprint density at radius 3 is 2.77 bits per heavy atom. The quantitative estimate of drug-likeness (QED) is 0.794. The van der Waals surface area contributed by atoms with Crippen LogP contribution in [0, 0.1) is 11.7 Å². The first-order valence-corrected chi connectivity index (χ1v) is 8.35. The van der Waals surface area contributed by atoms with Gasteiger partial charge in [-0.05, 0) is 49.4 Å². The average Bonchev–Trinajstić information content (AvgIpc) is 2.75. The smallest absolute Gasteiger partial charge is 0.225 e. The zero-order valence-corrected chi connectivity index (χ0v) is 13.4. The summed E-state index contributed by atoms with van der Waals surface area (Å²) in [7, 11) is 0. The van der Waals surface area contributed by atoms with E-state index in [4.69, 9.17) is 4.74 Å². The third-order valence-corrected chi connectivity index (χ3v) is 4.30. The lowest BCUT2D eigenvalue weighted by atomic mass is 9.96. The van der Waals surface area contributed by atoms with Gasteiger partial charge >= 0.3 is 0 Å². The maximum absolute atomic E-state index is 12.8. The van der Waals surface area contributed by atoms with Gasteiger partial charge in [0.25, 0.3) is 0 Å². The summed E-state index contributed by atoms with van der Waals surface area (Å²) in [5.41, 5.74) is 0. The Hall–Kier alpha value is -1.58. The lowest BCUT2D eigenvalue weighted by Gasteiger charge is -2.20. The molecule has 1 amide bonds. The highest BCUT2D eigenvalue weighted by molar-refractivity contribution is 5.76. The van der Waals surface area contributed by atoms with Gasteiger partial charge in [-0.2, -0.15) is 0 Å². The molecule has 4 heteroatoms. The predicted octanol–water partition coefficient (Wildman–Crippen LogP) is 4.02. The van der Waals surface area contributed by atoms with Crippen LogP contribution in [-0.4, -0.2) is 30.5 Å². The Morgan fingerprint density at radius 1 is 1.27 bits per heavy atom. The molecular weight excluding hydrogens is 281 g/mol. The number of rotatable bonds is 6. The van der Waals surface area contributed by atoms with Crippen LogP contribution >= 0.6 is 0 Å². The molecule has 1 atom stereocenters. The van der Waals surface area contributed by atoms with Gasteiger partial charge in [0, 0.05) is 13.1 Å². The molecule has 22 heavy (non-hydrogen) atoms. The van der Waals surface area contributed by atoms with Crippen LogP contribution in [0.15, 0.2) is 24.3 Å². The van der Waals surface area contributed by atoms with Gasteiger partial charge in [0.2, 0.25) is 5.91 Å². The highest BCUT2D eigenvalue weighted by Gasteiger charge is 2.19. The van der Waals surface area contributed by atoms with Gasteiger partial charge in [-0.15, -0.1) is 0 Å². The van der Waals surface area contributed by atoms with Crippen molar-refractivity contribution in [2.45, 2.75) is 45.4 Å². The molecule has 1 aliphatic rings. The Balaban J connectivity index is 1.71. The molecule has 1 unspecified atom stereocenters. The molecule has 1 aromatic carbocycles. The van der Waals surface area contributed by atoms with Crippen LogP contribution in [0.1, 0.15) is 45.4 Å². The van der Waals surface area contributed by atoms with Crippen LogP contribution in [0.3, 0.4) is 0 Å². The van der Waals surface area contributed by atoms with Crippen LogP contribution in [-0.2, 0) is 4.79 Å². The van der Waals surface area contributed by atoms with E-state index in [-0.39, 0.29) is 11.7 Å². The minimum absolute atomic E-state index is 0.166. The molecule has 0 bridgehead atoms. The summed E-state index contributed by atoms with van der Waals surface area (Å²) in [5.74, 6) is 1.26. The molecule has 0 saturated carbocycles. The van der Waals surface area contributed by atoms with E-state index in [1.165, 1.54) is 31.4 Å². The zero-order chi connectivity index (χ0) is 15.8. The number of likely N-dealkylation sites (tertiary alicyclic amines) is 1. The van der Waals surface area contributed by atoms with E-state index < -0.39 is 0 Å². The second kappa shape index (κ2) is 8.76. The Bertz CT molecular complexity index is 461. The minimum Gasteiger partial charge on any atom is -0.493 e. The van der Waals surface area contributed by atoms with Gasteiger partial charge in [-0.25, -0.2) is 4.39 Å². The topological polar surface area (TPSA) is 29.5 Å². The summed E-state index contributed by atoms with van der Waals surface area (Å²) < 4.78 is 18.3. The number of hydrogen-bond acceptors (Lipinski definition) is 2. The van der Waals surface area contributed by atoms with Crippen molar-refractivity contribution in [2.75, 3.05) is 19.7 Å². The van der Waals surface area contributed by atoms with Gasteiger partial charge < -0.3 is 9.64 Å². The molecule has 3 nitrogen and oxygen atoms in total. The standard InChI is InChI=1S/C18H26FNO2/c1-2-4-15-5-3-12-20(13-10-15)18(21)11-14-22-17-8-6-16(19)7-9-17/h6-9,15H,2-5,10-14H2,1H3. The molecule has 0 aliphatic carbocycles. The molecule has 1 aromatic rings. The van der Waals surface area contributed by atoms with Gasteiger partial charge in [0.1, 0.15) is 11.6 Å². The summed E-state index contributed by atoms with van der Waals surface area (Å²) in [6.45, 7) is 4.32. The number of amides is 1. The van der Waals surface area contributed by atoms with Crippen LogP contribution in [0.5, 0.6) is 5.75 Å². The molecule has 1 fully saturated rings. The number of carbonyl (C=O) groups excluding carboxylic acids is 1. The predicted molar refractivity (Wildman–Crippen MR) is 85.3 cm³/mol. The first-order chi connectivity index (χ1) is 10.7. The third kappa shape index (κ3) is 5.32. The van der Waals surface area contributed by atoms with Crippen LogP contribution < -0.4 is 4.74 Å². The summed E-state index contributed by atoms with van der Waals surface area (Å²) in [6.07, 6.45) is 6.35. The van der Waals surface area contributed by atoms with E-state index in [1.54, 1.807) is 12.1 Å². The summed E-state index contributed by atoms with van der Waals surface area (Å²) in [6, 6.07) is 5.89. The number of carbonyl (C=O) groups is 1. The van der Waals surface area contributed by atoms with Crippen molar-refractivity contribution in [2.24, 2.45) is 5.92 Å². The fourth-order valence-electron chi connectivity index (χ4n) is 3.06. The van der Waals surface area contributed by atoms with E-state index in [2.05, 4.69) is 6.92 Å². The van der Waals surface area contributed by atoms with Crippen LogP contribution in [0.4, 0.5) is 4.39 Å². The second-order valence-corrected chi connectivity index (χ2v) is 6.02. The Labute approximate surface area is 132 Å². The average molecular weight is 307 g/mol. The Morgan fingerprint density at radius 2 is 2.05 bits per heavy atom.